The molecule has 0 aliphatic heterocycles. The molecule has 0 saturated heterocycles. The van der Waals surface area contributed by atoms with Crippen molar-refractivity contribution in [3.8, 4) is 17.2 Å². The Hall–Kier alpha value is -2.69. The molecule has 0 atom stereocenters. The number of benzene rings is 2. The Morgan fingerprint density at radius 3 is 2.64 bits per heavy atom. The van der Waals surface area contributed by atoms with Crippen molar-refractivity contribution in [1.29, 1.82) is 5.26 Å². The Kier molecular flexibility index (Phi) is 3.20. The number of nitrogens with zero attached hydrogens (tertiary/aromatic N) is 1. The first kappa shape index (κ1) is 14.3. The second kappa shape index (κ2) is 4.94. The molecule has 22 heavy (non-hydrogen) atoms. The molecule has 3 N–H and O–H groups in total. The third-order valence-electron chi connectivity index (χ3n) is 3.36. The van der Waals surface area contributed by atoms with Gasteiger partial charge in [0.1, 0.15) is 10.7 Å². The molecule has 3 rings (SSSR count). The summed E-state index contributed by atoms with van der Waals surface area (Å²) in [7, 11) is -3.83. The SMILES string of the molecule is N#Cc1ccc(F)cc1-c1ccc2c(S(N)(=O)=O)c[nH]c2c1. The highest BCUT2D eigenvalue weighted by Crippen LogP contribution is 2.29. The summed E-state index contributed by atoms with van der Waals surface area (Å²) in [6.07, 6.45) is 1.31. The van der Waals surface area contributed by atoms with Crippen molar-refractivity contribution in [3.05, 3.63) is 54.0 Å². The maximum atomic E-state index is 13.4. The number of hydrogen-bond donors (Lipinski definition) is 2. The van der Waals surface area contributed by atoms with Gasteiger partial charge >= 0.3 is 0 Å². The number of nitrogens with two attached hydrogens (primary N) is 1. The first-order valence-electron chi connectivity index (χ1n) is 6.24. The van der Waals surface area contributed by atoms with Crippen LogP contribution >= 0.6 is 0 Å². The third kappa shape index (κ3) is 2.35. The fourth-order valence-corrected chi connectivity index (χ4v) is 3.06. The fraction of sp³-hybridized carbons (Fsp3) is 0. The zero-order valence-electron chi connectivity index (χ0n) is 11.2. The molecule has 3 aromatic rings. The van der Waals surface area contributed by atoms with Gasteiger partial charge in [-0.3, -0.25) is 0 Å². The van der Waals surface area contributed by atoms with Gasteiger partial charge in [0.05, 0.1) is 11.6 Å². The molecule has 5 nitrogen and oxygen atoms in total. The maximum Gasteiger partial charge on any atom is 0.240 e. The summed E-state index contributed by atoms with van der Waals surface area (Å²) in [6, 6.07) is 10.7. The number of fused-ring (bicyclic) bond motifs is 1. The Morgan fingerprint density at radius 1 is 1.18 bits per heavy atom. The van der Waals surface area contributed by atoms with E-state index in [1.807, 2.05) is 6.07 Å². The molecule has 0 aliphatic rings. The summed E-state index contributed by atoms with van der Waals surface area (Å²) in [4.78, 5) is 2.82. The van der Waals surface area contributed by atoms with Crippen LogP contribution in [-0.2, 0) is 10.0 Å². The molecule has 0 unspecified atom stereocenters. The van der Waals surface area contributed by atoms with E-state index in [4.69, 9.17) is 10.4 Å². The van der Waals surface area contributed by atoms with Crippen molar-refractivity contribution in [2.75, 3.05) is 0 Å². The zero-order valence-corrected chi connectivity index (χ0v) is 12.0. The molecule has 0 fully saturated rings. The topological polar surface area (TPSA) is 99.7 Å². The molecule has 0 radical (unpaired) electrons. The molecule has 110 valence electrons. The molecule has 2 aromatic carbocycles. The lowest BCUT2D eigenvalue weighted by Crippen LogP contribution is -2.11. The van der Waals surface area contributed by atoms with Crippen LogP contribution in [0.1, 0.15) is 5.56 Å². The number of rotatable bonds is 2. The van der Waals surface area contributed by atoms with Crippen molar-refractivity contribution in [2.24, 2.45) is 5.14 Å². The van der Waals surface area contributed by atoms with Crippen LogP contribution in [0.25, 0.3) is 22.0 Å². The van der Waals surface area contributed by atoms with Crippen LogP contribution in [-0.4, -0.2) is 13.4 Å². The second-order valence-corrected chi connectivity index (χ2v) is 6.29. The normalized spacial score (nSPS) is 11.5. The average molecular weight is 315 g/mol. The van der Waals surface area contributed by atoms with Gasteiger partial charge in [0.25, 0.3) is 0 Å². The van der Waals surface area contributed by atoms with Gasteiger partial charge in [-0.15, -0.1) is 0 Å². The highest BCUT2D eigenvalue weighted by Gasteiger charge is 2.15. The smallest absolute Gasteiger partial charge is 0.240 e. The van der Waals surface area contributed by atoms with Crippen LogP contribution in [0.15, 0.2) is 47.5 Å². The van der Waals surface area contributed by atoms with Crippen LogP contribution in [0.2, 0.25) is 0 Å². The fourth-order valence-electron chi connectivity index (χ4n) is 2.36. The quantitative estimate of drug-likeness (QED) is 0.759. The van der Waals surface area contributed by atoms with Gasteiger partial charge in [-0.25, -0.2) is 17.9 Å². The minimum Gasteiger partial charge on any atom is -0.360 e. The van der Waals surface area contributed by atoms with E-state index in [-0.39, 0.29) is 4.90 Å². The lowest BCUT2D eigenvalue weighted by atomic mass is 9.99. The Bertz CT molecular complexity index is 1030. The van der Waals surface area contributed by atoms with Gasteiger partial charge in [-0.05, 0) is 29.8 Å². The lowest BCUT2D eigenvalue weighted by Gasteiger charge is -2.05. The Labute approximate surface area is 125 Å². The molecule has 0 bridgehead atoms. The number of hydrogen-bond acceptors (Lipinski definition) is 3. The summed E-state index contributed by atoms with van der Waals surface area (Å²) in [5.41, 5.74) is 1.91. The summed E-state index contributed by atoms with van der Waals surface area (Å²) in [6.45, 7) is 0. The first-order chi connectivity index (χ1) is 10.4. The van der Waals surface area contributed by atoms with Crippen molar-refractivity contribution in [1.82, 2.24) is 4.98 Å². The second-order valence-electron chi connectivity index (χ2n) is 4.76. The monoisotopic (exact) mass is 315 g/mol. The van der Waals surface area contributed by atoms with Crippen molar-refractivity contribution >= 4 is 20.9 Å². The van der Waals surface area contributed by atoms with Gasteiger partial charge in [0.15, 0.2) is 0 Å². The molecule has 1 aromatic heterocycles. The average Bonchev–Trinajstić information content (AvgIpc) is 2.90. The van der Waals surface area contributed by atoms with Gasteiger partial charge in [-0.2, -0.15) is 5.26 Å². The van der Waals surface area contributed by atoms with E-state index in [1.54, 1.807) is 18.2 Å². The van der Waals surface area contributed by atoms with Crippen LogP contribution < -0.4 is 5.14 Å². The molecule has 0 saturated carbocycles. The standard InChI is InChI=1S/C15H10FN3O2S/c16-11-3-1-10(7-17)13(6-11)9-2-4-12-14(5-9)19-8-15(12)22(18,20)21/h1-6,8,19H,(H2,18,20,21). The number of primary sulfonamides is 1. The van der Waals surface area contributed by atoms with E-state index in [0.29, 0.717) is 27.6 Å². The minimum atomic E-state index is -3.83. The number of sulfonamides is 1. The number of halogens is 1. The van der Waals surface area contributed by atoms with Crippen LogP contribution in [0.4, 0.5) is 4.39 Å². The Morgan fingerprint density at radius 2 is 1.95 bits per heavy atom. The lowest BCUT2D eigenvalue weighted by molar-refractivity contribution is 0.598. The molecule has 1 heterocycles. The summed E-state index contributed by atoms with van der Waals surface area (Å²) >= 11 is 0. The van der Waals surface area contributed by atoms with E-state index < -0.39 is 15.8 Å². The van der Waals surface area contributed by atoms with Crippen molar-refractivity contribution in [2.45, 2.75) is 4.90 Å². The van der Waals surface area contributed by atoms with Crippen LogP contribution in [0, 0.1) is 17.1 Å². The molecular formula is C15H10FN3O2S. The zero-order chi connectivity index (χ0) is 15.9. The highest BCUT2D eigenvalue weighted by atomic mass is 32.2. The molecule has 0 amide bonds. The van der Waals surface area contributed by atoms with Gasteiger partial charge < -0.3 is 4.98 Å². The predicted molar refractivity (Wildman–Crippen MR) is 79.8 cm³/mol. The highest BCUT2D eigenvalue weighted by molar-refractivity contribution is 7.89. The number of nitriles is 1. The predicted octanol–water partition coefficient (Wildman–Crippen LogP) is 2.49. The molecule has 7 heteroatoms. The van der Waals surface area contributed by atoms with E-state index in [0.717, 1.165) is 0 Å². The summed E-state index contributed by atoms with van der Waals surface area (Å²) in [5.74, 6) is -0.453. The number of aromatic amines is 1. The number of H-pyrrole nitrogens is 1. The van der Waals surface area contributed by atoms with Crippen molar-refractivity contribution < 1.29 is 12.8 Å². The first-order valence-corrected chi connectivity index (χ1v) is 7.79. The van der Waals surface area contributed by atoms with Crippen LogP contribution in [0.3, 0.4) is 0 Å². The number of aromatic nitrogens is 1. The van der Waals surface area contributed by atoms with Gasteiger partial charge in [-0.1, -0.05) is 12.1 Å². The number of nitrogens with one attached hydrogen (secondary N) is 1. The van der Waals surface area contributed by atoms with E-state index >= 15 is 0 Å². The van der Waals surface area contributed by atoms with Gasteiger partial charge in [0.2, 0.25) is 10.0 Å². The summed E-state index contributed by atoms with van der Waals surface area (Å²) in [5, 5.41) is 14.7. The third-order valence-corrected chi connectivity index (χ3v) is 4.31. The van der Waals surface area contributed by atoms with Crippen LogP contribution in [0.5, 0.6) is 0 Å². The van der Waals surface area contributed by atoms with E-state index in [9.17, 15) is 12.8 Å². The molecule has 0 spiro atoms. The largest absolute Gasteiger partial charge is 0.360 e. The minimum absolute atomic E-state index is 0.00574. The Balaban J connectivity index is 2.23. The van der Waals surface area contributed by atoms with Gasteiger partial charge in [0, 0.05) is 22.7 Å². The van der Waals surface area contributed by atoms with E-state index in [1.165, 1.54) is 24.4 Å². The van der Waals surface area contributed by atoms with E-state index in [2.05, 4.69) is 4.98 Å². The molecular weight excluding hydrogens is 305 g/mol. The maximum absolute atomic E-state index is 13.4. The molecule has 0 aliphatic carbocycles. The summed E-state index contributed by atoms with van der Waals surface area (Å²) < 4.78 is 36.4. The van der Waals surface area contributed by atoms with Crippen molar-refractivity contribution in [3.63, 3.8) is 0 Å².